The van der Waals surface area contributed by atoms with Crippen molar-refractivity contribution in [3.63, 3.8) is 0 Å². The average molecular weight is 489 g/mol. The Morgan fingerprint density at radius 3 is 2.69 bits per heavy atom. The highest BCUT2D eigenvalue weighted by atomic mass is 19.4. The van der Waals surface area contributed by atoms with Gasteiger partial charge in [0, 0.05) is 11.3 Å². The molecule has 0 spiro atoms. The lowest BCUT2D eigenvalue weighted by molar-refractivity contribution is -0.137. The van der Waals surface area contributed by atoms with Gasteiger partial charge in [-0.1, -0.05) is 12.8 Å². The molecule has 2 heterocycles. The number of benzene rings is 1. The maximum atomic E-state index is 13.5. The molecule has 0 saturated heterocycles. The number of aryl methyl sites for hydroxylation is 1. The number of aromatic amines is 1. The standard InChI is InChI=1S/C25H27F3N4O3/c1-13-20(24(34)32-17-4-2-3-5-18(17)33)22-23(31-13)21(29-12-30-22)16-10-15(25(26,27)28)8-9-19(16)35-11-14-6-7-14/h8-10,12,14,17-18,31,33H,2-7,11H2,1H3,(H,32,34)/t17-,18+/m0/s1. The Balaban J connectivity index is 1.55. The first-order valence-electron chi connectivity index (χ1n) is 11.9. The lowest BCUT2D eigenvalue weighted by atomic mass is 9.92. The van der Waals surface area contributed by atoms with E-state index in [-0.39, 0.29) is 22.9 Å². The molecule has 1 aromatic carbocycles. The second-order valence-corrected chi connectivity index (χ2v) is 9.47. The number of aliphatic hydroxyl groups is 1. The van der Waals surface area contributed by atoms with Crippen LogP contribution in [0.15, 0.2) is 24.5 Å². The third kappa shape index (κ3) is 4.84. The Morgan fingerprint density at radius 2 is 1.97 bits per heavy atom. The number of ether oxygens (including phenoxy) is 1. The second kappa shape index (κ2) is 9.14. The van der Waals surface area contributed by atoms with Gasteiger partial charge in [-0.15, -0.1) is 0 Å². The number of rotatable bonds is 6. The lowest BCUT2D eigenvalue weighted by Gasteiger charge is -2.28. The van der Waals surface area contributed by atoms with Gasteiger partial charge in [0.25, 0.3) is 5.91 Å². The number of carbonyl (C=O) groups excluding carboxylic acids is 1. The fourth-order valence-electron chi connectivity index (χ4n) is 4.63. The summed E-state index contributed by atoms with van der Waals surface area (Å²) in [6, 6.07) is 2.99. The van der Waals surface area contributed by atoms with Gasteiger partial charge in [0.05, 0.1) is 35.4 Å². The minimum Gasteiger partial charge on any atom is -0.493 e. The molecule has 0 aliphatic heterocycles. The van der Waals surface area contributed by atoms with Crippen LogP contribution in [0.4, 0.5) is 13.2 Å². The summed E-state index contributed by atoms with van der Waals surface area (Å²) in [4.78, 5) is 24.8. The van der Waals surface area contributed by atoms with Crippen LogP contribution in [-0.4, -0.2) is 44.7 Å². The molecule has 2 aromatic heterocycles. The van der Waals surface area contributed by atoms with Crippen LogP contribution in [0.1, 0.15) is 60.1 Å². The molecular formula is C25H27F3N4O3. The van der Waals surface area contributed by atoms with Crippen molar-refractivity contribution in [2.24, 2.45) is 5.92 Å². The van der Waals surface area contributed by atoms with Gasteiger partial charge in [-0.05, 0) is 56.7 Å². The van der Waals surface area contributed by atoms with Gasteiger partial charge in [-0.3, -0.25) is 4.79 Å². The molecule has 0 bridgehead atoms. The van der Waals surface area contributed by atoms with Crippen LogP contribution in [0.5, 0.6) is 5.75 Å². The Morgan fingerprint density at radius 1 is 1.20 bits per heavy atom. The summed E-state index contributed by atoms with van der Waals surface area (Å²) in [5.41, 5.74) is 1.06. The molecule has 2 aliphatic rings. The van der Waals surface area contributed by atoms with Crippen LogP contribution in [0.2, 0.25) is 0 Å². The summed E-state index contributed by atoms with van der Waals surface area (Å²) in [5.74, 6) is 0.320. The highest BCUT2D eigenvalue weighted by Crippen LogP contribution is 2.40. The number of hydrogen-bond donors (Lipinski definition) is 3. The monoisotopic (exact) mass is 488 g/mol. The molecule has 3 aromatic rings. The molecule has 7 nitrogen and oxygen atoms in total. The fraction of sp³-hybridized carbons (Fsp3) is 0.480. The number of alkyl halides is 3. The number of amides is 1. The van der Waals surface area contributed by atoms with Gasteiger partial charge in [0.15, 0.2) is 0 Å². The molecule has 2 atom stereocenters. The maximum Gasteiger partial charge on any atom is 0.416 e. The van der Waals surface area contributed by atoms with Crippen molar-refractivity contribution < 1.29 is 27.8 Å². The molecule has 35 heavy (non-hydrogen) atoms. The SMILES string of the molecule is Cc1[nH]c2c(-c3cc(C(F)(F)F)ccc3OCC3CC3)ncnc2c1C(=O)N[C@H]1CCCC[C@H]1O. The van der Waals surface area contributed by atoms with Crippen molar-refractivity contribution in [1.29, 1.82) is 0 Å². The van der Waals surface area contributed by atoms with E-state index in [2.05, 4.69) is 20.3 Å². The topological polar surface area (TPSA) is 100 Å². The first kappa shape index (κ1) is 23.6. The molecule has 2 aliphatic carbocycles. The Labute approximate surface area is 200 Å². The molecule has 3 N–H and O–H groups in total. The summed E-state index contributed by atoms with van der Waals surface area (Å²) >= 11 is 0. The van der Waals surface area contributed by atoms with Crippen LogP contribution >= 0.6 is 0 Å². The van der Waals surface area contributed by atoms with Crippen LogP contribution in [-0.2, 0) is 6.18 Å². The van der Waals surface area contributed by atoms with E-state index in [4.69, 9.17) is 4.74 Å². The van der Waals surface area contributed by atoms with E-state index in [1.807, 2.05) is 0 Å². The van der Waals surface area contributed by atoms with E-state index in [0.29, 0.717) is 47.8 Å². The first-order valence-corrected chi connectivity index (χ1v) is 11.9. The van der Waals surface area contributed by atoms with Crippen molar-refractivity contribution in [2.75, 3.05) is 6.61 Å². The lowest BCUT2D eigenvalue weighted by Crippen LogP contribution is -2.45. The van der Waals surface area contributed by atoms with E-state index in [0.717, 1.165) is 37.8 Å². The van der Waals surface area contributed by atoms with E-state index >= 15 is 0 Å². The third-order valence-electron chi connectivity index (χ3n) is 6.78. The van der Waals surface area contributed by atoms with Gasteiger partial charge in [-0.2, -0.15) is 13.2 Å². The van der Waals surface area contributed by atoms with Crippen LogP contribution in [0, 0.1) is 12.8 Å². The molecule has 2 fully saturated rings. The van der Waals surface area contributed by atoms with Crippen LogP contribution in [0.25, 0.3) is 22.3 Å². The van der Waals surface area contributed by atoms with Crippen LogP contribution < -0.4 is 10.1 Å². The summed E-state index contributed by atoms with van der Waals surface area (Å²) in [6.07, 6.45) is 1.31. The number of halogens is 3. The minimum atomic E-state index is -4.53. The van der Waals surface area contributed by atoms with Crippen molar-refractivity contribution in [3.05, 3.63) is 41.3 Å². The van der Waals surface area contributed by atoms with E-state index in [1.165, 1.54) is 12.4 Å². The van der Waals surface area contributed by atoms with Gasteiger partial charge in [0.1, 0.15) is 23.3 Å². The summed E-state index contributed by atoms with van der Waals surface area (Å²) in [5, 5.41) is 13.2. The van der Waals surface area contributed by atoms with Crippen molar-refractivity contribution >= 4 is 16.9 Å². The quantitative estimate of drug-likeness (QED) is 0.464. The summed E-state index contributed by atoms with van der Waals surface area (Å²) in [7, 11) is 0. The van der Waals surface area contributed by atoms with E-state index in [9.17, 15) is 23.1 Å². The Hall–Kier alpha value is -3.14. The third-order valence-corrected chi connectivity index (χ3v) is 6.78. The smallest absolute Gasteiger partial charge is 0.416 e. The van der Waals surface area contributed by atoms with Crippen molar-refractivity contribution in [3.8, 4) is 17.0 Å². The van der Waals surface area contributed by atoms with Crippen LogP contribution in [0.3, 0.4) is 0 Å². The Kier molecular flexibility index (Phi) is 6.16. The molecule has 10 heteroatoms. The summed E-state index contributed by atoms with van der Waals surface area (Å²) < 4.78 is 46.5. The predicted octanol–water partition coefficient (Wildman–Crippen LogP) is 4.77. The number of aliphatic hydroxyl groups excluding tert-OH is 1. The number of nitrogens with one attached hydrogen (secondary N) is 2. The normalized spacial score (nSPS) is 20.7. The second-order valence-electron chi connectivity index (χ2n) is 9.47. The number of carbonyl (C=O) groups is 1. The molecule has 5 rings (SSSR count). The predicted molar refractivity (Wildman–Crippen MR) is 123 cm³/mol. The Bertz CT molecular complexity index is 1250. The van der Waals surface area contributed by atoms with Gasteiger partial charge in [-0.25, -0.2) is 9.97 Å². The number of H-pyrrole nitrogens is 1. The van der Waals surface area contributed by atoms with Crippen molar-refractivity contribution in [1.82, 2.24) is 20.3 Å². The maximum absolute atomic E-state index is 13.5. The number of hydrogen-bond acceptors (Lipinski definition) is 5. The highest BCUT2D eigenvalue weighted by molar-refractivity contribution is 6.09. The minimum absolute atomic E-state index is 0.184. The molecule has 2 saturated carbocycles. The average Bonchev–Trinajstić information content (AvgIpc) is 3.58. The van der Waals surface area contributed by atoms with E-state index < -0.39 is 23.8 Å². The van der Waals surface area contributed by atoms with Gasteiger partial charge < -0.3 is 20.1 Å². The molecular weight excluding hydrogens is 461 g/mol. The molecule has 186 valence electrons. The molecule has 0 radical (unpaired) electrons. The molecule has 1 amide bonds. The zero-order valence-corrected chi connectivity index (χ0v) is 19.3. The largest absolute Gasteiger partial charge is 0.493 e. The van der Waals surface area contributed by atoms with Gasteiger partial charge in [0.2, 0.25) is 0 Å². The number of nitrogens with zero attached hydrogens (tertiary/aromatic N) is 2. The van der Waals surface area contributed by atoms with Crippen molar-refractivity contribution in [2.45, 2.75) is 63.8 Å². The fourth-order valence-corrected chi connectivity index (χ4v) is 4.63. The zero-order chi connectivity index (χ0) is 24.7. The molecule has 0 unspecified atom stereocenters. The zero-order valence-electron chi connectivity index (χ0n) is 19.3. The van der Waals surface area contributed by atoms with Gasteiger partial charge >= 0.3 is 6.18 Å². The summed E-state index contributed by atoms with van der Waals surface area (Å²) in [6.45, 7) is 2.13. The van der Waals surface area contributed by atoms with E-state index in [1.54, 1.807) is 6.92 Å². The first-order chi connectivity index (χ1) is 16.7. The number of fused-ring (bicyclic) bond motifs is 1. The highest BCUT2D eigenvalue weighted by Gasteiger charge is 2.33. The number of aromatic nitrogens is 3.